The topological polar surface area (TPSA) is 85.3 Å². The smallest absolute Gasteiger partial charge is 0.265 e. The molecule has 0 fully saturated rings. The molecule has 1 aromatic heterocycles. The van der Waals surface area contributed by atoms with Crippen molar-refractivity contribution in [3.05, 3.63) is 46.9 Å². The molecular weight excluding hydrogens is 288 g/mol. The Morgan fingerprint density at radius 3 is 2.48 bits per heavy atom. The Morgan fingerprint density at radius 1 is 1.19 bits per heavy atom. The monoisotopic (exact) mass is 308 g/mol. The fourth-order valence-electron chi connectivity index (χ4n) is 2.42. The summed E-state index contributed by atoms with van der Waals surface area (Å²) in [4.78, 5) is 0.147. The molecule has 0 radical (unpaired) electrons. The molecule has 0 amide bonds. The summed E-state index contributed by atoms with van der Waals surface area (Å²) in [6.07, 6.45) is 0.742. The Hall–Kier alpha value is -1.79. The van der Waals surface area contributed by atoms with E-state index in [2.05, 4.69) is 4.72 Å². The fraction of sp³-hybridized carbons (Fsp3) is 0.333. The highest BCUT2D eigenvalue weighted by Crippen LogP contribution is 2.29. The molecule has 0 unspecified atom stereocenters. The number of benzene rings is 1. The van der Waals surface area contributed by atoms with Gasteiger partial charge in [-0.2, -0.15) is 0 Å². The van der Waals surface area contributed by atoms with Crippen LogP contribution >= 0.6 is 0 Å². The number of nitrogens with two attached hydrogens (primary N) is 1. The number of para-hydroxylation sites is 1. The largest absolute Gasteiger partial charge is 0.465 e. The van der Waals surface area contributed by atoms with Crippen molar-refractivity contribution in [2.24, 2.45) is 5.73 Å². The van der Waals surface area contributed by atoms with Gasteiger partial charge in [0.2, 0.25) is 0 Å². The van der Waals surface area contributed by atoms with Crippen LogP contribution in [-0.2, 0) is 23.0 Å². The molecule has 0 bridgehead atoms. The summed E-state index contributed by atoms with van der Waals surface area (Å²) in [6, 6.07) is 7.33. The molecule has 6 heteroatoms. The van der Waals surface area contributed by atoms with Crippen LogP contribution in [-0.4, -0.2) is 8.42 Å². The number of hydrogen-bond acceptors (Lipinski definition) is 4. The molecule has 3 N–H and O–H groups in total. The van der Waals surface area contributed by atoms with Gasteiger partial charge in [0.25, 0.3) is 10.0 Å². The minimum Gasteiger partial charge on any atom is -0.465 e. The molecule has 0 aliphatic heterocycles. The van der Waals surface area contributed by atoms with Crippen LogP contribution in [0.3, 0.4) is 0 Å². The molecule has 0 saturated carbocycles. The molecule has 0 aliphatic carbocycles. The van der Waals surface area contributed by atoms with E-state index in [0.29, 0.717) is 22.8 Å². The maximum absolute atomic E-state index is 12.7. The number of anilines is 1. The highest BCUT2D eigenvalue weighted by atomic mass is 32.2. The van der Waals surface area contributed by atoms with E-state index in [4.69, 9.17) is 10.2 Å². The number of rotatable bonds is 5. The maximum atomic E-state index is 12.7. The Labute approximate surface area is 125 Å². The number of hydrogen-bond donors (Lipinski definition) is 2. The van der Waals surface area contributed by atoms with Crippen LogP contribution in [0.15, 0.2) is 33.6 Å². The van der Waals surface area contributed by atoms with Gasteiger partial charge in [0, 0.05) is 12.1 Å². The fourth-order valence-corrected chi connectivity index (χ4v) is 3.98. The predicted octanol–water partition coefficient (Wildman–Crippen LogP) is 2.72. The molecule has 0 saturated heterocycles. The standard InChI is InChI=1S/C15H20N2O3S/c1-4-12-7-5-6-8-14(12)17-21(18,19)15-11(3)20-10(2)13(15)9-16/h5-8,17H,4,9,16H2,1-3H3. The van der Waals surface area contributed by atoms with Crippen LogP contribution in [0.25, 0.3) is 0 Å². The second-order valence-corrected chi connectivity index (χ2v) is 6.46. The molecule has 0 atom stereocenters. The van der Waals surface area contributed by atoms with Crippen LogP contribution < -0.4 is 10.5 Å². The van der Waals surface area contributed by atoms with Crippen molar-refractivity contribution in [2.75, 3.05) is 4.72 Å². The average molecular weight is 308 g/mol. The van der Waals surface area contributed by atoms with E-state index in [1.807, 2.05) is 19.1 Å². The third kappa shape index (κ3) is 2.96. The molecule has 1 heterocycles. The number of sulfonamides is 1. The minimum atomic E-state index is -3.72. The van der Waals surface area contributed by atoms with Crippen molar-refractivity contribution in [1.82, 2.24) is 0 Å². The van der Waals surface area contributed by atoms with E-state index in [-0.39, 0.29) is 11.4 Å². The zero-order valence-electron chi connectivity index (χ0n) is 12.4. The quantitative estimate of drug-likeness (QED) is 0.889. The predicted molar refractivity (Wildman–Crippen MR) is 82.7 cm³/mol. The Balaban J connectivity index is 2.49. The molecule has 114 valence electrons. The zero-order chi connectivity index (χ0) is 15.6. The van der Waals surface area contributed by atoms with E-state index >= 15 is 0 Å². The van der Waals surface area contributed by atoms with Crippen LogP contribution in [0.4, 0.5) is 5.69 Å². The van der Waals surface area contributed by atoms with Gasteiger partial charge in [-0.1, -0.05) is 25.1 Å². The first-order valence-corrected chi connectivity index (χ1v) is 8.28. The van der Waals surface area contributed by atoms with Crippen LogP contribution in [0.5, 0.6) is 0 Å². The first kappa shape index (κ1) is 15.6. The first-order valence-electron chi connectivity index (χ1n) is 6.80. The van der Waals surface area contributed by atoms with Crippen molar-refractivity contribution >= 4 is 15.7 Å². The lowest BCUT2D eigenvalue weighted by Gasteiger charge is -2.12. The van der Waals surface area contributed by atoms with E-state index < -0.39 is 10.0 Å². The van der Waals surface area contributed by atoms with Gasteiger partial charge in [-0.25, -0.2) is 8.42 Å². The van der Waals surface area contributed by atoms with Gasteiger partial charge >= 0.3 is 0 Å². The highest BCUT2D eigenvalue weighted by Gasteiger charge is 2.26. The number of aryl methyl sites for hydroxylation is 3. The van der Waals surface area contributed by atoms with Crippen molar-refractivity contribution < 1.29 is 12.8 Å². The molecule has 1 aromatic carbocycles. The lowest BCUT2D eigenvalue weighted by atomic mass is 10.1. The molecule has 2 rings (SSSR count). The summed E-state index contributed by atoms with van der Waals surface area (Å²) in [5.74, 6) is 0.897. The first-order chi connectivity index (χ1) is 9.90. The van der Waals surface area contributed by atoms with Gasteiger partial charge in [-0.15, -0.1) is 0 Å². The molecule has 21 heavy (non-hydrogen) atoms. The maximum Gasteiger partial charge on any atom is 0.265 e. The molecule has 0 aliphatic rings. The highest BCUT2D eigenvalue weighted by molar-refractivity contribution is 7.92. The third-order valence-corrected chi connectivity index (χ3v) is 5.00. The lowest BCUT2D eigenvalue weighted by Crippen LogP contribution is -2.17. The van der Waals surface area contributed by atoms with E-state index in [9.17, 15) is 8.42 Å². The van der Waals surface area contributed by atoms with Crippen molar-refractivity contribution in [3.63, 3.8) is 0 Å². The van der Waals surface area contributed by atoms with Crippen LogP contribution in [0.2, 0.25) is 0 Å². The second kappa shape index (κ2) is 5.91. The summed E-state index contributed by atoms with van der Waals surface area (Å²) in [7, 11) is -3.72. The Bertz CT molecular complexity index is 748. The van der Waals surface area contributed by atoms with Gasteiger partial charge in [0.1, 0.15) is 16.4 Å². The summed E-state index contributed by atoms with van der Waals surface area (Å²) < 4.78 is 33.4. The molecule has 5 nitrogen and oxygen atoms in total. The van der Waals surface area contributed by atoms with Crippen molar-refractivity contribution in [1.29, 1.82) is 0 Å². The van der Waals surface area contributed by atoms with Gasteiger partial charge in [-0.05, 0) is 31.9 Å². The molecule has 2 aromatic rings. The summed E-state index contributed by atoms with van der Waals surface area (Å²) in [6.45, 7) is 5.45. The normalized spacial score (nSPS) is 11.6. The Kier molecular flexibility index (Phi) is 4.39. The van der Waals surface area contributed by atoms with Gasteiger partial charge in [0.15, 0.2) is 0 Å². The van der Waals surface area contributed by atoms with Crippen LogP contribution in [0.1, 0.15) is 29.6 Å². The zero-order valence-corrected chi connectivity index (χ0v) is 13.3. The Morgan fingerprint density at radius 2 is 1.86 bits per heavy atom. The van der Waals surface area contributed by atoms with Crippen LogP contribution in [0, 0.1) is 13.8 Å². The van der Waals surface area contributed by atoms with E-state index in [0.717, 1.165) is 12.0 Å². The van der Waals surface area contributed by atoms with Gasteiger partial charge in [0.05, 0.1) is 5.69 Å². The van der Waals surface area contributed by atoms with Gasteiger partial charge < -0.3 is 10.2 Å². The second-order valence-electron chi connectivity index (χ2n) is 4.84. The van der Waals surface area contributed by atoms with Crippen molar-refractivity contribution in [2.45, 2.75) is 38.6 Å². The number of nitrogens with one attached hydrogen (secondary N) is 1. The van der Waals surface area contributed by atoms with Crippen molar-refractivity contribution in [3.8, 4) is 0 Å². The summed E-state index contributed by atoms with van der Waals surface area (Å²) >= 11 is 0. The number of furan rings is 1. The van der Waals surface area contributed by atoms with Gasteiger partial charge in [-0.3, -0.25) is 4.72 Å². The summed E-state index contributed by atoms with van der Waals surface area (Å²) in [5, 5.41) is 0. The minimum absolute atomic E-state index is 0.120. The molecular formula is C15H20N2O3S. The average Bonchev–Trinajstić information content (AvgIpc) is 2.73. The van der Waals surface area contributed by atoms with E-state index in [1.165, 1.54) is 0 Å². The summed E-state index contributed by atoms with van der Waals surface area (Å²) in [5.41, 5.74) is 7.70. The SMILES string of the molecule is CCc1ccccc1NS(=O)(=O)c1c(C)oc(C)c1CN. The lowest BCUT2D eigenvalue weighted by molar-refractivity contribution is 0.494. The third-order valence-electron chi connectivity index (χ3n) is 3.44. The van der Waals surface area contributed by atoms with E-state index in [1.54, 1.807) is 26.0 Å². The molecule has 0 spiro atoms.